The topological polar surface area (TPSA) is 48.0 Å². The number of carbonyl (C=O) groups excluding carboxylic acids is 1. The molecule has 0 aromatic heterocycles. The molecule has 0 aliphatic carbocycles. The van der Waals surface area contributed by atoms with Gasteiger partial charge in [0.25, 0.3) is 5.91 Å². The number of hydrogen-bond donors (Lipinski definition) is 0. The molecule has 0 aliphatic rings. The molecule has 140 valence electrons. The number of hydrogen-bond acceptors (Lipinski definition) is 4. The first kappa shape index (κ1) is 19.6. The van der Waals surface area contributed by atoms with Crippen LogP contribution in [0, 0.1) is 0 Å². The van der Waals surface area contributed by atoms with Crippen molar-refractivity contribution < 1.29 is 19.0 Å². The lowest BCUT2D eigenvalue weighted by Gasteiger charge is -2.29. The summed E-state index contributed by atoms with van der Waals surface area (Å²) in [6.07, 6.45) is 0.855. The van der Waals surface area contributed by atoms with Gasteiger partial charge in [-0.15, -0.1) is 0 Å². The molecule has 0 aliphatic heterocycles. The Morgan fingerprint density at radius 2 is 1.54 bits per heavy atom. The van der Waals surface area contributed by atoms with E-state index in [1.807, 2.05) is 42.2 Å². The molecule has 2 aromatic carbocycles. The summed E-state index contributed by atoms with van der Waals surface area (Å²) in [4.78, 5) is 15.2. The monoisotopic (exact) mass is 357 g/mol. The second-order valence-corrected chi connectivity index (χ2v) is 6.08. The van der Waals surface area contributed by atoms with Gasteiger partial charge in [0.05, 0.1) is 26.9 Å². The van der Waals surface area contributed by atoms with Crippen LogP contribution in [0.4, 0.5) is 0 Å². The molecule has 0 bridgehead atoms. The lowest BCUT2D eigenvalue weighted by Crippen LogP contribution is -2.38. The lowest BCUT2D eigenvalue weighted by molar-refractivity contribution is 0.0667. The van der Waals surface area contributed by atoms with Gasteiger partial charge in [0.15, 0.2) is 11.5 Å². The van der Waals surface area contributed by atoms with E-state index in [4.69, 9.17) is 14.2 Å². The molecule has 0 heterocycles. The summed E-state index contributed by atoms with van der Waals surface area (Å²) >= 11 is 0. The van der Waals surface area contributed by atoms with Crippen molar-refractivity contribution in [1.29, 1.82) is 0 Å². The van der Waals surface area contributed by atoms with Gasteiger partial charge >= 0.3 is 0 Å². The smallest absolute Gasteiger partial charge is 0.258 e. The summed E-state index contributed by atoms with van der Waals surface area (Å²) in [6, 6.07) is 13.4. The van der Waals surface area contributed by atoms with Crippen LogP contribution in [0.1, 0.15) is 36.2 Å². The normalized spacial score (nSPS) is 11.6. The highest BCUT2D eigenvalue weighted by Gasteiger charge is 2.25. The van der Waals surface area contributed by atoms with Gasteiger partial charge in [-0.25, -0.2) is 0 Å². The Morgan fingerprint density at radius 1 is 0.962 bits per heavy atom. The van der Waals surface area contributed by atoms with E-state index in [-0.39, 0.29) is 11.9 Å². The van der Waals surface area contributed by atoms with Crippen molar-refractivity contribution in [2.24, 2.45) is 0 Å². The zero-order chi connectivity index (χ0) is 19.1. The number of ether oxygens (including phenoxy) is 3. The van der Waals surface area contributed by atoms with Gasteiger partial charge in [-0.1, -0.05) is 37.3 Å². The average molecular weight is 357 g/mol. The first-order chi connectivity index (χ1) is 12.5. The van der Waals surface area contributed by atoms with E-state index in [0.717, 1.165) is 12.0 Å². The van der Waals surface area contributed by atoms with Crippen LogP contribution < -0.4 is 14.2 Å². The number of amides is 1. The molecule has 5 nitrogen and oxygen atoms in total. The highest BCUT2D eigenvalue weighted by molar-refractivity contribution is 5.98. The molecule has 1 atom stereocenters. The second kappa shape index (κ2) is 9.13. The van der Waals surface area contributed by atoms with Crippen LogP contribution >= 0.6 is 0 Å². The SMILES string of the molecule is CC[C@H](C)N(Cc1ccccc1)C(=O)c1cc(OC)c(OC)cc1OC. The minimum Gasteiger partial charge on any atom is -0.496 e. The van der Waals surface area contributed by atoms with Crippen LogP contribution in [0.15, 0.2) is 42.5 Å². The van der Waals surface area contributed by atoms with Gasteiger partial charge in [-0.05, 0) is 18.9 Å². The molecule has 2 rings (SSSR count). The maximum Gasteiger partial charge on any atom is 0.258 e. The van der Waals surface area contributed by atoms with Gasteiger partial charge in [-0.3, -0.25) is 4.79 Å². The van der Waals surface area contributed by atoms with Crippen molar-refractivity contribution in [2.75, 3.05) is 21.3 Å². The summed E-state index contributed by atoms with van der Waals surface area (Å²) in [5.41, 5.74) is 1.54. The number of methoxy groups -OCH3 is 3. The maximum atomic E-state index is 13.3. The molecule has 0 spiro atoms. The number of rotatable bonds is 8. The van der Waals surface area contributed by atoms with Crippen LogP contribution in [0.25, 0.3) is 0 Å². The molecular formula is C21H27NO4. The highest BCUT2D eigenvalue weighted by Crippen LogP contribution is 2.35. The Morgan fingerprint density at radius 3 is 2.08 bits per heavy atom. The van der Waals surface area contributed by atoms with E-state index in [2.05, 4.69) is 6.92 Å². The molecule has 5 heteroatoms. The number of benzene rings is 2. The second-order valence-electron chi connectivity index (χ2n) is 6.08. The van der Waals surface area contributed by atoms with Crippen molar-refractivity contribution in [3.05, 3.63) is 53.6 Å². The molecule has 1 amide bonds. The van der Waals surface area contributed by atoms with Crippen molar-refractivity contribution in [3.63, 3.8) is 0 Å². The zero-order valence-electron chi connectivity index (χ0n) is 16.1. The van der Waals surface area contributed by atoms with E-state index in [9.17, 15) is 4.79 Å². The fourth-order valence-electron chi connectivity index (χ4n) is 2.78. The summed E-state index contributed by atoms with van der Waals surface area (Å²) in [7, 11) is 4.65. The predicted octanol–water partition coefficient (Wildman–Crippen LogP) is 4.15. The van der Waals surface area contributed by atoms with E-state index in [1.54, 1.807) is 33.5 Å². The number of carbonyl (C=O) groups is 1. The molecule has 0 unspecified atom stereocenters. The molecular weight excluding hydrogens is 330 g/mol. The van der Waals surface area contributed by atoms with Gasteiger partial charge in [0, 0.05) is 24.7 Å². The molecule has 0 saturated heterocycles. The van der Waals surface area contributed by atoms with Crippen molar-refractivity contribution in [2.45, 2.75) is 32.9 Å². The van der Waals surface area contributed by atoms with Crippen molar-refractivity contribution in [3.8, 4) is 17.2 Å². The van der Waals surface area contributed by atoms with Crippen LogP contribution in [-0.4, -0.2) is 38.2 Å². The largest absolute Gasteiger partial charge is 0.496 e. The predicted molar refractivity (Wildman–Crippen MR) is 102 cm³/mol. The Hall–Kier alpha value is -2.69. The Balaban J connectivity index is 2.44. The lowest BCUT2D eigenvalue weighted by atomic mass is 10.1. The fourth-order valence-corrected chi connectivity index (χ4v) is 2.78. The zero-order valence-corrected chi connectivity index (χ0v) is 16.1. The molecule has 2 aromatic rings. The first-order valence-electron chi connectivity index (χ1n) is 8.70. The van der Waals surface area contributed by atoms with Crippen LogP contribution in [0.2, 0.25) is 0 Å². The third-order valence-corrected chi connectivity index (χ3v) is 4.52. The molecule has 26 heavy (non-hydrogen) atoms. The van der Waals surface area contributed by atoms with Crippen molar-refractivity contribution >= 4 is 5.91 Å². The summed E-state index contributed by atoms with van der Waals surface area (Å²) in [5, 5.41) is 0. The van der Waals surface area contributed by atoms with Crippen molar-refractivity contribution in [1.82, 2.24) is 4.90 Å². The Labute approximate surface area is 155 Å². The van der Waals surface area contributed by atoms with E-state index >= 15 is 0 Å². The quantitative estimate of drug-likeness (QED) is 0.712. The van der Waals surface area contributed by atoms with Crippen LogP contribution in [-0.2, 0) is 6.54 Å². The van der Waals surface area contributed by atoms with E-state index in [0.29, 0.717) is 29.4 Å². The maximum absolute atomic E-state index is 13.3. The van der Waals surface area contributed by atoms with Gasteiger partial charge in [-0.2, -0.15) is 0 Å². The van der Waals surface area contributed by atoms with Crippen LogP contribution in [0.5, 0.6) is 17.2 Å². The third kappa shape index (κ3) is 4.28. The summed E-state index contributed by atoms with van der Waals surface area (Å²) in [6.45, 7) is 4.65. The Kier molecular flexibility index (Phi) is 6.89. The molecule has 0 N–H and O–H groups in total. The first-order valence-corrected chi connectivity index (χ1v) is 8.70. The Bertz CT molecular complexity index is 730. The van der Waals surface area contributed by atoms with E-state index in [1.165, 1.54) is 0 Å². The van der Waals surface area contributed by atoms with Crippen LogP contribution in [0.3, 0.4) is 0 Å². The van der Waals surface area contributed by atoms with Gasteiger partial charge in [0.2, 0.25) is 0 Å². The third-order valence-electron chi connectivity index (χ3n) is 4.52. The molecule has 0 saturated carbocycles. The molecule has 0 fully saturated rings. The van der Waals surface area contributed by atoms with E-state index < -0.39 is 0 Å². The highest BCUT2D eigenvalue weighted by atomic mass is 16.5. The minimum atomic E-state index is -0.0963. The average Bonchev–Trinajstić information content (AvgIpc) is 2.70. The molecule has 0 radical (unpaired) electrons. The summed E-state index contributed by atoms with van der Waals surface area (Å²) in [5.74, 6) is 1.40. The number of nitrogens with zero attached hydrogens (tertiary/aromatic N) is 1. The van der Waals surface area contributed by atoms with Gasteiger partial charge < -0.3 is 19.1 Å². The summed E-state index contributed by atoms with van der Waals surface area (Å²) < 4.78 is 16.1. The van der Waals surface area contributed by atoms with Gasteiger partial charge in [0.1, 0.15) is 5.75 Å². The standard InChI is InChI=1S/C21H27NO4/c1-6-15(2)22(14-16-10-8-7-9-11-16)21(23)17-12-19(25-4)20(26-5)13-18(17)24-3/h7-13,15H,6,14H2,1-5H3/t15-/m0/s1. The fraction of sp³-hybridized carbons (Fsp3) is 0.381. The minimum absolute atomic E-state index is 0.0838.